The number of aromatic nitrogens is 1. The van der Waals surface area contributed by atoms with Gasteiger partial charge in [0.05, 0.1) is 5.56 Å². The minimum Gasteiger partial charge on any atom is -0.398 e. The zero-order chi connectivity index (χ0) is 13.1. The van der Waals surface area contributed by atoms with Gasteiger partial charge in [-0.2, -0.15) is 4.39 Å². The molecule has 2 rings (SSSR count). The van der Waals surface area contributed by atoms with Crippen molar-refractivity contribution in [1.82, 2.24) is 4.98 Å². The molecular weight excluding hydrogens is 233 g/mol. The normalized spacial score (nSPS) is 10.1. The van der Waals surface area contributed by atoms with Gasteiger partial charge in [-0.3, -0.25) is 4.79 Å². The van der Waals surface area contributed by atoms with Crippen LogP contribution in [0.5, 0.6) is 0 Å². The molecule has 1 aromatic carbocycles. The van der Waals surface area contributed by atoms with E-state index in [1.165, 1.54) is 18.2 Å². The van der Waals surface area contributed by atoms with Gasteiger partial charge in [-0.15, -0.1) is 0 Å². The summed E-state index contributed by atoms with van der Waals surface area (Å²) < 4.78 is 12.9. The zero-order valence-corrected chi connectivity index (χ0v) is 9.77. The van der Waals surface area contributed by atoms with Gasteiger partial charge in [0.2, 0.25) is 5.95 Å². The van der Waals surface area contributed by atoms with Crippen molar-refractivity contribution in [2.24, 2.45) is 0 Å². The van der Waals surface area contributed by atoms with E-state index in [0.29, 0.717) is 11.3 Å². The number of anilines is 2. The fourth-order valence-electron chi connectivity index (χ4n) is 1.54. The average molecular weight is 245 g/mol. The molecule has 0 atom stereocenters. The lowest BCUT2D eigenvalue weighted by Crippen LogP contribution is -2.15. The number of nitrogens with two attached hydrogens (primary N) is 1. The molecule has 92 valence electrons. The van der Waals surface area contributed by atoms with E-state index in [0.717, 1.165) is 5.56 Å². The first-order valence-electron chi connectivity index (χ1n) is 5.37. The number of para-hydroxylation sites is 1. The number of aryl methyl sites for hydroxylation is 1. The molecule has 1 aromatic heterocycles. The van der Waals surface area contributed by atoms with Crippen LogP contribution in [0.4, 0.5) is 15.9 Å². The number of rotatable bonds is 2. The molecule has 2 aromatic rings. The van der Waals surface area contributed by atoms with Crippen LogP contribution >= 0.6 is 0 Å². The largest absolute Gasteiger partial charge is 0.398 e. The number of halogens is 1. The van der Waals surface area contributed by atoms with Gasteiger partial charge in [-0.1, -0.05) is 18.2 Å². The highest BCUT2D eigenvalue weighted by Gasteiger charge is 2.11. The molecule has 5 heteroatoms. The van der Waals surface area contributed by atoms with Crippen molar-refractivity contribution < 1.29 is 9.18 Å². The predicted octanol–water partition coefficient (Wildman–Crippen LogP) is 2.36. The molecule has 0 saturated carbocycles. The molecule has 0 spiro atoms. The molecule has 0 aliphatic rings. The van der Waals surface area contributed by atoms with Crippen molar-refractivity contribution in [3.05, 3.63) is 53.5 Å². The molecule has 4 nitrogen and oxygen atoms in total. The molecule has 0 radical (unpaired) electrons. The lowest BCUT2D eigenvalue weighted by Gasteiger charge is -2.08. The molecule has 0 aliphatic heterocycles. The Balaban J connectivity index is 2.25. The van der Waals surface area contributed by atoms with E-state index < -0.39 is 11.9 Å². The minimum absolute atomic E-state index is 0.154. The van der Waals surface area contributed by atoms with Crippen LogP contribution in [0.15, 0.2) is 36.4 Å². The summed E-state index contributed by atoms with van der Waals surface area (Å²) in [6, 6.07) is 9.34. The first-order valence-corrected chi connectivity index (χ1v) is 5.37. The summed E-state index contributed by atoms with van der Waals surface area (Å²) in [6.07, 6.45) is 0. The van der Waals surface area contributed by atoms with Gasteiger partial charge in [0.1, 0.15) is 5.82 Å². The molecule has 0 bridgehead atoms. The van der Waals surface area contributed by atoms with Crippen molar-refractivity contribution >= 4 is 17.4 Å². The van der Waals surface area contributed by atoms with Gasteiger partial charge >= 0.3 is 0 Å². The summed E-state index contributed by atoms with van der Waals surface area (Å²) in [7, 11) is 0. The Morgan fingerprint density at radius 2 is 2.00 bits per heavy atom. The highest BCUT2D eigenvalue weighted by molar-refractivity contribution is 6.07. The number of hydrogen-bond donors (Lipinski definition) is 2. The summed E-state index contributed by atoms with van der Waals surface area (Å²) in [4.78, 5) is 15.5. The molecule has 0 saturated heterocycles. The summed E-state index contributed by atoms with van der Waals surface area (Å²) in [5.74, 6) is -0.903. The summed E-state index contributed by atoms with van der Waals surface area (Å²) in [5, 5.41) is 2.50. The van der Waals surface area contributed by atoms with E-state index in [1.54, 1.807) is 12.1 Å². The molecule has 0 aliphatic carbocycles. The number of nitrogens with zero attached hydrogens (tertiary/aromatic N) is 1. The predicted molar refractivity (Wildman–Crippen MR) is 67.7 cm³/mol. The molecule has 1 heterocycles. The fourth-order valence-corrected chi connectivity index (χ4v) is 1.54. The van der Waals surface area contributed by atoms with E-state index >= 15 is 0 Å². The minimum atomic E-state index is -0.648. The van der Waals surface area contributed by atoms with Crippen LogP contribution in [0, 0.1) is 12.9 Å². The second-order valence-electron chi connectivity index (χ2n) is 3.84. The Hall–Kier alpha value is -2.43. The third-order valence-electron chi connectivity index (χ3n) is 2.53. The summed E-state index contributed by atoms with van der Waals surface area (Å²) >= 11 is 0. The Bertz CT molecular complexity index is 599. The Labute approximate surface area is 104 Å². The van der Waals surface area contributed by atoms with Crippen molar-refractivity contribution in [2.75, 3.05) is 11.1 Å². The van der Waals surface area contributed by atoms with Crippen LogP contribution in [-0.4, -0.2) is 10.9 Å². The molecule has 1 amide bonds. The van der Waals surface area contributed by atoms with Crippen molar-refractivity contribution in [3.63, 3.8) is 0 Å². The standard InChI is InChI=1S/C13H12FN3O/c1-8-4-2-5-9(12(8)15)13(18)17-11-7-3-6-10(14)16-11/h2-7H,15H2,1H3,(H,16,17,18). The highest BCUT2D eigenvalue weighted by atomic mass is 19.1. The number of benzene rings is 1. The SMILES string of the molecule is Cc1cccc(C(=O)Nc2cccc(F)n2)c1N. The van der Waals surface area contributed by atoms with Crippen molar-refractivity contribution in [2.45, 2.75) is 6.92 Å². The van der Waals surface area contributed by atoms with E-state index in [1.807, 2.05) is 13.0 Å². The van der Waals surface area contributed by atoms with Gasteiger partial charge in [-0.25, -0.2) is 4.98 Å². The van der Waals surface area contributed by atoms with Gasteiger partial charge < -0.3 is 11.1 Å². The topological polar surface area (TPSA) is 68.0 Å². The first kappa shape index (κ1) is 12.0. The number of carbonyl (C=O) groups is 1. The Morgan fingerprint density at radius 1 is 1.28 bits per heavy atom. The zero-order valence-electron chi connectivity index (χ0n) is 9.77. The van der Waals surface area contributed by atoms with Gasteiger partial charge in [0.25, 0.3) is 5.91 Å². The maximum atomic E-state index is 12.9. The van der Waals surface area contributed by atoms with Gasteiger partial charge in [0.15, 0.2) is 0 Å². The average Bonchev–Trinajstić information content (AvgIpc) is 2.32. The van der Waals surface area contributed by atoms with Crippen LogP contribution < -0.4 is 11.1 Å². The molecule has 0 fully saturated rings. The number of hydrogen-bond acceptors (Lipinski definition) is 3. The summed E-state index contributed by atoms with van der Waals surface area (Å²) in [5.41, 5.74) is 7.38. The smallest absolute Gasteiger partial charge is 0.258 e. The molecular formula is C13H12FN3O. The van der Waals surface area contributed by atoms with Crippen molar-refractivity contribution in [3.8, 4) is 0 Å². The maximum absolute atomic E-state index is 12.9. The number of carbonyl (C=O) groups excluding carboxylic acids is 1. The van der Waals surface area contributed by atoms with Crippen LogP contribution in [0.3, 0.4) is 0 Å². The number of nitrogen functional groups attached to an aromatic ring is 1. The third-order valence-corrected chi connectivity index (χ3v) is 2.53. The first-order chi connectivity index (χ1) is 8.58. The Kier molecular flexibility index (Phi) is 3.23. The second-order valence-corrected chi connectivity index (χ2v) is 3.84. The van der Waals surface area contributed by atoms with E-state index in [2.05, 4.69) is 10.3 Å². The third kappa shape index (κ3) is 2.45. The highest BCUT2D eigenvalue weighted by Crippen LogP contribution is 2.17. The fraction of sp³-hybridized carbons (Fsp3) is 0.0769. The van der Waals surface area contributed by atoms with Crippen LogP contribution in [0.25, 0.3) is 0 Å². The van der Waals surface area contributed by atoms with Crippen LogP contribution in [-0.2, 0) is 0 Å². The maximum Gasteiger partial charge on any atom is 0.258 e. The van der Waals surface area contributed by atoms with E-state index in [9.17, 15) is 9.18 Å². The molecule has 18 heavy (non-hydrogen) atoms. The molecule has 3 N–H and O–H groups in total. The number of pyridine rings is 1. The van der Waals surface area contributed by atoms with E-state index in [-0.39, 0.29) is 5.82 Å². The van der Waals surface area contributed by atoms with Crippen molar-refractivity contribution in [1.29, 1.82) is 0 Å². The second kappa shape index (κ2) is 4.83. The monoisotopic (exact) mass is 245 g/mol. The van der Waals surface area contributed by atoms with Crippen LogP contribution in [0.2, 0.25) is 0 Å². The Morgan fingerprint density at radius 3 is 2.72 bits per heavy atom. The molecule has 0 unspecified atom stereocenters. The van der Waals surface area contributed by atoms with Gasteiger partial charge in [-0.05, 0) is 30.7 Å². The summed E-state index contributed by atoms with van der Waals surface area (Å²) in [6.45, 7) is 1.81. The lowest BCUT2D eigenvalue weighted by molar-refractivity contribution is 0.102. The van der Waals surface area contributed by atoms with Gasteiger partial charge in [0, 0.05) is 5.69 Å². The van der Waals surface area contributed by atoms with E-state index in [4.69, 9.17) is 5.73 Å². The lowest BCUT2D eigenvalue weighted by atomic mass is 10.1. The number of nitrogens with one attached hydrogen (secondary N) is 1. The quantitative estimate of drug-likeness (QED) is 0.630. The van der Waals surface area contributed by atoms with Crippen LogP contribution in [0.1, 0.15) is 15.9 Å². The number of amides is 1.